The molecule has 0 unspecified atom stereocenters. The summed E-state index contributed by atoms with van der Waals surface area (Å²) in [6.45, 7) is 2.05. The van der Waals surface area contributed by atoms with Crippen LogP contribution in [0.3, 0.4) is 0 Å². The molecule has 0 amide bonds. The van der Waals surface area contributed by atoms with Gasteiger partial charge in [0.15, 0.2) is 0 Å². The summed E-state index contributed by atoms with van der Waals surface area (Å²) in [6, 6.07) is 4.83. The van der Waals surface area contributed by atoms with Crippen molar-refractivity contribution in [2.45, 2.75) is 6.92 Å². The SMILES string of the molecule is CCOC(=O)c1ccc2oc(=O)c3c(N)scc3c2c1. The van der Waals surface area contributed by atoms with E-state index in [1.54, 1.807) is 30.5 Å². The average molecular weight is 289 g/mol. The van der Waals surface area contributed by atoms with Gasteiger partial charge in [0.1, 0.15) is 16.0 Å². The lowest BCUT2D eigenvalue weighted by molar-refractivity contribution is 0.0526. The summed E-state index contributed by atoms with van der Waals surface area (Å²) < 4.78 is 10.2. The first-order valence-electron chi connectivity index (χ1n) is 6.02. The van der Waals surface area contributed by atoms with E-state index in [1.807, 2.05) is 0 Å². The molecule has 0 atom stereocenters. The highest BCUT2D eigenvalue weighted by Crippen LogP contribution is 2.31. The van der Waals surface area contributed by atoms with E-state index < -0.39 is 11.6 Å². The van der Waals surface area contributed by atoms with Crippen LogP contribution in [-0.2, 0) is 4.74 Å². The van der Waals surface area contributed by atoms with E-state index >= 15 is 0 Å². The van der Waals surface area contributed by atoms with Crippen LogP contribution >= 0.6 is 11.3 Å². The van der Waals surface area contributed by atoms with Gasteiger partial charge in [0, 0.05) is 16.2 Å². The summed E-state index contributed by atoms with van der Waals surface area (Å²) in [4.78, 5) is 23.6. The van der Waals surface area contributed by atoms with E-state index in [-0.39, 0.29) is 0 Å². The topological polar surface area (TPSA) is 82.5 Å². The third kappa shape index (κ3) is 1.85. The number of esters is 1. The summed E-state index contributed by atoms with van der Waals surface area (Å²) >= 11 is 1.27. The Morgan fingerprint density at radius 3 is 2.95 bits per heavy atom. The van der Waals surface area contributed by atoms with Crippen LogP contribution in [0.25, 0.3) is 21.7 Å². The van der Waals surface area contributed by atoms with Gasteiger partial charge in [-0.05, 0) is 25.1 Å². The number of fused-ring (bicyclic) bond motifs is 3. The number of hydrogen-bond acceptors (Lipinski definition) is 6. The zero-order valence-electron chi connectivity index (χ0n) is 10.6. The molecule has 6 heteroatoms. The first kappa shape index (κ1) is 12.7. The van der Waals surface area contributed by atoms with Crippen LogP contribution in [0.4, 0.5) is 5.00 Å². The molecule has 0 saturated carbocycles. The zero-order chi connectivity index (χ0) is 14.3. The first-order valence-corrected chi connectivity index (χ1v) is 6.90. The van der Waals surface area contributed by atoms with Gasteiger partial charge in [0.25, 0.3) is 0 Å². The maximum absolute atomic E-state index is 11.9. The van der Waals surface area contributed by atoms with Crippen LogP contribution in [0.5, 0.6) is 0 Å². The molecule has 20 heavy (non-hydrogen) atoms. The van der Waals surface area contributed by atoms with Crippen LogP contribution in [0.1, 0.15) is 17.3 Å². The first-order chi connectivity index (χ1) is 9.61. The second kappa shape index (κ2) is 4.64. The number of benzene rings is 1. The van der Waals surface area contributed by atoms with E-state index in [9.17, 15) is 9.59 Å². The molecular formula is C14H11NO4S. The van der Waals surface area contributed by atoms with Crippen molar-refractivity contribution in [1.82, 2.24) is 0 Å². The Bertz CT molecular complexity index is 878. The van der Waals surface area contributed by atoms with Crippen molar-refractivity contribution in [2.75, 3.05) is 12.3 Å². The molecule has 0 bridgehead atoms. The van der Waals surface area contributed by atoms with Gasteiger partial charge in [-0.1, -0.05) is 0 Å². The van der Waals surface area contributed by atoms with Gasteiger partial charge in [0.2, 0.25) is 0 Å². The highest BCUT2D eigenvalue weighted by molar-refractivity contribution is 7.16. The number of carbonyl (C=O) groups is 1. The van der Waals surface area contributed by atoms with E-state index in [0.29, 0.717) is 38.9 Å². The third-order valence-electron chi connectivity index (χ3n) is 3.01. The second-order valence-corrected chi connectivity index (χ2v) is 5.12. The number of hydrogen-bond donors (Lipinski definition) is 1. The molecule has 1 aromatic carbocycles. The van der Waals surface area contributed by atoms with Crippen LogP contribution in [0, 0.1) is 0 Å². The van der Waals surface area contributed by atoms with Crippen LogP contribution in [0.15, 0.2) is 32.8 Å². The summed E-state index contributed by atoms with van der Waals surface area (Å²) in [5.74, 6) is -0.406. The van der Waals surface area contributed by atoms with Gasteiger partial charge in [-0.25, -0.2) is 9.59 Å². The lowest BCUT2D eigenvalue weighted by Gasteiger charge is -2.04. The lowest BCUT2D eigenvalue weighted by atomic mass is 10.1. The predicted octanol–water partition coefficient (Wildman–Crippen LogP) is 2.77. The van der Waals surface area contributed by atoms with Crippen molar-refractivity contribution in [3.63, 3.8) is 0 Å². The number of rotatable bonds is 2. The number of thiophene rings is 1. The fraction of sp³-hybridized carbons (Fsp3) is 0.143. The molecule has 2 aromatic heterocycles. The second-order valence-electron chi connectivity index (χ2n) is 4.21. The minimum absolute atomic E-state index is 0.307. The Hall–Kier alpha value is -2.34. The van der Waals surface area contributed by atoms with Crippen molar-refractivity contribution >= 4 is 44.0 Å². The van der Waals surface area contributed by atoms with Crippen LogP contribution < -0.4 is 11.4 Å². The van der Waals surface area contributed by atoms with Crippen LogP contribution in [0.2, 0.25) is 0 Å². The van der Waals surface area contributed by atoms with Gasteiger partial charge in [-0.3, -0.25) is 0 Å². The molecule has 0 fully saturated rings. The summed E-state index contributed by atoms with van der Waals surface area (Å²) in [6.07, 6.45) is 0. The fourth-order valence-electron chi connectivity index (χ4n) is 2.10. The van der Waals surface area contributed by atoms with Gasteiger partial charge >= 0.3 is 11.6 Å². The summed E-state index contributed by atoms with van der Waals surface area (Å²) in [5.41, 5.74) is 6.16. The Labute approximate surface area is 117 Å². The standard InChI is InChI=1S/C14H11NO4S/c1-2-18-13(16)7-3-4-10-8(5-7)9-6-20-12(15)11(9)14(17)19-10/h3-6H,2,15H2,1H3. The van der Waals surface area contributed by atoms with E-state index in [1.165, 1.54) is 11.3 Å². The van der Waals surface area contributed by atoms with Crippen molar-refractivity contribution in [3.8, 4) is 0 Å². The molecule has 2 N–H and O–H groups in total. The summed E-state index contributed by atoms with van der Waals surface area (Å²) in [5, 5.41) is 3.95. The molecular weight excluding hydrogens is 278 g/mol. The van der Waals surface area contributed by atoms with E-state index in [0.717, 1.165) is 0 Å². The lowest BCUT2D eigenvalue weighted by Crippen LogP contribution is -2.05. The molecule has 0 saturated heterocycles. The highest BCUT2D eigenvalue weighted by Gasteiger charge is 2.14. The molecule has 3 rings (SSSR count). The highest BCUT2D eigenvalue weighted by atomic mass is 32.1. The number of carbonyl (C=O) groups excluding carboxylic acids is 1. The van der Waals surface area contributed by atoms with Crippen molar-refractivity contribution in [2.24, 2.45) is 0 Å². The molecule has 0 spiro atoms. The normalized spacial score (nSPS) is 11.1. The van der Waals surface area contributed by atoms with Gasteiger partial charge in [-0.2, -0.15) is 0 Å². The third-order valence-corrected chi connectivity index (χ3v) is 3.82. The van der Waals surface area contributed by atoms with E-state index in [4.69, 9.17) is 14.9 Å². The van der Waals surface area contributed by atoms with Gasteiger partial charge < -0.3 is 14.9 Å². The minimum atomic E-state index is -0.463. The van der Waals surface area contributed by atoms with E-state index in [2.05, 4.69) is 0 Å². The molecule has 0 radical (unpaired) electrons. The zero-order valence-corrected chi connectivity index (χ0v) is 11.5. The Kier molecular flexibility index (Phi) is 2.94. The molecule has 102 valence electrons. The van der Waals surface area contributed by atoms with Gasteiger partial charge in [-0.15, -0.1) is 11.3 Å². The average Bonchev–Trinajstić information content (AvgIpc) is 2.82. The fourth-order valence-corrected chi connectivity index (χ4v) is 2.90. The smallest absolute Gasteiger partial charge is 0.347 e. The maximum atomic E-state index is 11.9. The molecule has 0 aliphatic rings. The number of ether oxygens (including phenoxy) is 1. The molecule has 5 nitrogen and oxygen atoms in total. The maximum Gasteiger partial charge on any atom is 0.347 e. The van der Waals surface area contributed by atoms with Gasteiger partial charge in [0.05, 0.1) is 12.2 Å². The molecule has 0 aliphatic heterocycles. The Morgan fingerprint density at radius 1 is 1.40 bits per heavy atom. The van der Waals surface area contributed by atoms with Crippen molar-refractivity contribution < 1.29 is 13.9 Å². The van der Waals surface area contributed by atoms with Crippen molar-refractivity contribution in [1.29, 1.82) is 0 Å². The predicted molar refractivity (Wildman–Crippen MR) is 78.2 cm³/mol. The van der Waals surface area contributed by atoms with Crippen molar-refractivity contribution in [3.05, 3.63) is 39.6 Å². The Morgan fingerprint density at radius 2 is 2.20 bits per heavy atom. The molecule has 0 aliphatic carbocycles. The number of nitrogen functional groups attached to an aromatic ring is 1. The largest absolute Gasteiger partial charge is 0.462 e. The minimum Gasteiger partial charge on any atom is -0.462 e. The van der Waals surface area contributed by atoms with Crippen LogP contribution in [-0.4, -0.2) is 12.6 Å². The Balaban J connectivity index is 2.33. The molecule has 3 aromatic rings. The number of anilines is 1. The monoisotopic (exact) mass is 289 g/mol. The molecule has 2 heterocycles. The summed E-state index contributed by atoms with van der Waals surface area (Å²) in [7, 11) is 0. The number of nitrogens with two attached hydrogens (primary N) is 1. The quantitative estimate of drug-likeness (QED) is 0.579.